The Bertz CT molecular complexity index is 656. The number of piperidine rings is 1. The van der Waals surface area contributed by atoms with Gasteiger partial charge in [-0.3, -0.25) is 4.98 Å². The van der Waals surface area contributed by atoms with Gasteiger partial charge in [0, 0.05) is 49.6 Å². The lowest BCUT2D eigenvalue weighted by atomic mass is 10.1. The van der Waals surface area contributed by atoms with Crippen LogP contribution in [0.2, 0.25) is 0 Å². The summed E-state index contributed by atoms with van der Waals surface area (Å²) in [5, 5.41) is 3.62. The predicted molar refractivity (Wildman–Crippen MR) is 95.0 cm³/mol. The molecule has 126 valence electrons. The number of pyridine rings is 1. The summed E-state index contributed by atoms with van der Waals surface area (Å²) >= 11 is 0. The molecule has 2 aliphatic rings. The number of nitrogens with one attached hydrogen (secondary N) is 1. The number of anilines is 1. The number of hydrogen-bond acceptors (Lipinski definition) is 5. The molecule has 1 saturated carbocycles. The Morgan fingerprint density at radius 1 is 1.08 bits per heavy atom. The highest BCUT2D eigenvalue weighted by Crippen LogP contribution is 2.38. The Kier molecular flexibility index (Phi) is 4.69. The topological polar surface area (TPSA) is 53.9 Å². The van der Waals surface area contributed by atoms with Gasteiger partial charge in [0.1, 0.15) is 11.6 Å². The lowest BCUT2D eigenvalue weighted by Gasteiger charge is -2.33. The van der Waals surface area contributed by atoms with E-state index < -0.39 is 0 Å². The van der Waals surface area contributed by atoms with Gasteiger partial charge in [-0.2, -0.15) is 0 Å². The van der Waals surface area contributed by atoms with Crippen LogP contribution in [-0.2, 0) is 6.42 Å². The zero-order valence-corrected chi connectivity index (χ0v) is 14.1. The zero-order chi connectivity index (χ0) is 16.2. The van der Waals surface area contributed by atoms with Crippen molar-refractivity contribution in [1.82, 2.24) is 19.9 Å². The summed E-state index contributed by atoms with van der Waals surface area (Å²) in [5.41, 5.74) is 1.18. The van der Waals surface area contributed by atoms with Gasteiger partial charge in [0.05, 0.1) is 0 Å². The van der Waals surface area contributed by atoms with Crippen LogP contribution in [-0.4, -0.2) is 45.5 Å². The molecule has 1 atom stereocenters. The minimum atomic E-state index is 0.476. The first-order valence-corrected chi connectivity index (χ1v) is 9.08. The van der Waals surface area contributed by atoms with E-state index >= 15 is 0 Å². The molecule has 0 spiro atoms. The van der Waals surface area contributed by atoms with E-state index in [0.29, 0.717) is 12.0 Å². The second-order valence-corrected chi connectivity index (χ2v) is 6.93. The molecule has 2 aromatic heterocycles. The van der Waals surface area contributed by atoms with Crippen molar-refractivity contribution in [3.63, 3.8) is 0 Å². The lowest BCUT2D eigenvalue weighted by molar-refractivity contribution is 0.218. The minimum Gasteiger partial charge on any atom is -0.366 e. The first-order valence-electron chi connectivity index (χ1n) is 9.08. The van der Waals surface area contributed by atoms with E-state index in [4.69, 9.17) is 4.98 Å². The van der Waals surface area contributed by atoms with Gasteiger partial charge in [-0.15, -0.1) is 0 Å². The molecule has 1 saturated heterocycles. The summed E-state index contributed by atoms with van der Waals surface area (Å²) in [4.78, 5) is 16.1. The average Bonchev–Trinajstić information content (AvgIpc) is 3.47. The first-order chi connectivity index (χ1) is 11.9. The van der Waals surface area contributed by atoms with Gasteiger partial charge in [0.25, 0.3) is 0 Å². The SMILES string of the molecule is c1ccc(CCN2CCCC(Nc3ccnc(C4CC4)n3)C2)nc1. The Labute approximate surface area is 143 Å². The van der Waals surface area contributed by atoms with Crippen LogP contribution in [0.3, 0.4) is 0 Å². The van der Waals surface area contributed by atoms with E-state index in [1.54, 1.807) is 0 Å². The van der Waals surface area contributed by atoms with Crippen molar-refractivity contribution in [1.29, 1.82) is 0 Å². The Hall–Kier alpha value is -2.01. The largest absolute Gasteiger partial charge is 0.366 e. The summed E-state index contributed by atoms with van der Waals surface area (Å²) in [6.45, 7) is 3.34. The fourth-order valence-electron chi connectivity index (χ4n) is 3.40. The molecule has 4 rings (SSSR count). The van der Waals surface area contributed by atoms with Gasteiger partial charge in [-0.05, 0) is 50.4 Å². The molecule has 2 fully saturated rings. The van der Waals surface area contributed by atoms with Crippen LogP contribution >= 0.6 is 0 Å². The van der Waals surface area contributed by atoms with E-state index in [0.717, 1.165) is 31.2 Å². The summed E-state index contributed by atoms with van der Waals surface area (Å²) in [6.07, 6.45) is 9.73. The molecule has 1 aliphatic carbocycles. The van der Waals surface area contributed by atoms with Crippen molar-refractivity contribution >= 4 is 5.82 Å². The molecular formula is C19H25N5. The molecule has 0 aromatic carbocycles. The minimum absolute atomic E-state index is 0.476. The van der Waals surface area contributed by atoms with Gasteiger partial charge >= 0.3 is 0 Å². The molecule has 3 heterocycles. The number of likely N-dealkylation sites (tertiary alicyclic amines) is 1. The molecule has 0 radical (unpaired) electrons. The summed E-state index contributed by atoms with van der Waals surface area (Å²) in [5.74, 6) is 2.61. The third-order valence-electron chi connectivity index (χ3n) is 4.88. The normalized spacial score (nSPS) is 21.6. The molecule has 5 heteroatoms. The predicted octanol–water partition coefficient (Wildman–Crippen LogP) is 2.87. The van der Waals surface area contributed by atoms with Crippen LogP contribution in [0.25, 0.3) is 0 Å². The molecule has 1 aliphatic heterocycles. The Morgan fingerprint density at radius 3 is 2.88 bits per heavy atom. The van der Waals surface area contributed by atoms with Gasteiger partial charge in [0.2, 0.25) is 0 Å². The zero-order valence-electron chi connectivity index (χ0n) is 14.1. The second kappa shape index (κ2) is 7.26. The lowest BCUT2D eigenvalue weighted by Crippen LogP contribution is -2.43. The van der Waals surface area contributed by atoms with E-state index in [1.807, 2.05) is 24.5 Å². The molecule has 1 N–H and O–H groups in total. The summed E-state index contributed by atoms with van der Waals surface area (Å²) in [7, 11) is 0. The Balaban J connectivity index is 1.30. The molecule has 24 heavy (non-hydrogen) atoms. The molecule has 1 unspecified atom stereocenters. The quantitative estimate of drug-likeness (QED) is 0.886. The van der Waals surface area contributed by atoms with Crippen LogP contribution < -0.4 is 5.32 Å². The monoisotopic (exact) mass is 323 g/mol. The van der Waals surface area contributed by atoms with Crippen molar-refractivity contribution in [3.05, 3.63) is 48.2 Å². The van der Waals surface area contributed by atoms with Crippen LogP contribution in [0.15, 0.2) is 36.7 Å². The second-order valence-electron chi connectivity index (χ2n) is 6.93. The van der Waals surface area contributed by atoms with E-state index in [1.165, 1.54) is 37.9 Å². The van der Waals surface area contributed by atoms with Crippen molar-refractivity contribution in [2.24, 2.45) is 0 Å². The number of aromatic nitrogens is 3. The van der Waals surface area contributed by atoms with E-state index in [9.17, 15) is 0 Å². The fourth-order valence-corrected chi connectivity index (χ4v) is 3.40. The standard InChI is InChI=1S/C19H25N5/c1-2-10-20-16(4-1)9-13-24-12-3-5-17(14-24)22-18-8-11-21-19(23-18)15-6-7-15/h1-2,4,8,10-11,15,17H,3,5-7,9,12-14H2,(H,21,22,23). The van der Waals surface area contributed by atoms with Crippen molar-refractivity contribution in [3.8, 4) is 0 Å². The van der Waals surface area contributed by atoms with Gasteiger partial charge in [0.15, 0.2) is 0 Å². The van der Waals surface area contributed by atoms with Crippen LogP contribution in [0, 0.1) is 0 Å². The molecule has 2 aromatic rings. The summed E-state index contributed by atoms with van der Waals surface area (Å²) < 4.78 is 0. The van der Waals surface area contributed by atoms with Crippen LogP contribution in [0.1, 0.15) is 43.1 Å². The Morgan fingerprint density at radius 2 is 2.04 bits per heavy atom. The summed E-state index contributed by atoms with van der Waals surface area (Å²) in [6, 6.07) is 8.63. The number of nitrogens with zero attached hydrogens (tertiary/aromatic N) is 4. The number of rotatable bonds is 6. The molecule has 0 bridgehead atoms. The number of hydrogen-bond donors (Lipinski definition) is 1. The van der Waals surface area contributed by atoms with Crippen molar-refractivity contribution in [2.75, 3.05) is 25.0 Å². The van der Waals surface area contributed by atoms with Crippen LogP contribution in [0.4, 0.5) is 5.82 Å². The maximum absolute atomic E-state index is 4.70. The maximum Gasteiger partial charge on any atom is 0.133 e. The smallest absolute Gasteiger partial charge is 0.133 e. The average molecular weight is 323 g/mol. The van der Waals surface area contributed by atoms with Crippen molar-refractivity contribution in [2.45, 2.75) is 44.1 Å². The molecule has 0 amide bonds. The van der Waals surface area contributed by atoms with Gasteiger partial charge < -0.3 is 10.2 Å². The van der Waals surface area contributed by atoms with Crippen molar-refractivity contribution < 1.29 is 0 Å². The third kappa shape index (κ3) is 4.09. The van der Waals surface area contributed by atoms with E-state index in [-0.39, 0.29) is 0 Å². The van der Waals surface area contributed by atoms with Gasteiger partial charge in [-0.1, -0.05) is 6.07 Å². The highest BCUT2D eigenvalue weighted by Gasteiger charge is 2.27. The molecular weight excluding hydrogens is 298 g/mol. The first kappa shape index (κ1) is 15.5. The third-order valence-corrected chi connectivity index (χ3v) is 4.88. The molecule has 5 nitrogen and oxygen atoms in total. The maximum atomic E-state index is 4.70. The highest BCUT2D eigenvalue weighted by atomic mass is 15.2. The highest BCUT2D eigenvalue weighted by molar-refractivity contribution is 5.35. The van der Waals surface area contributed by atoms with Gasteiger partial charge in [-0.25, -0.2) is 9.97 Å². The van der Waals surface area contributed by atoms with Crippen LogP contribution in [0.5, 0.6) is 0 Å². The van der Waals surface area contributed by atoms with E-state index in [2.05, 4.69) is 32.3 Å². The fraction of sp³-hybridized carbons (Fsp3) is 0.526.